The lowest BCUT2D eigenvalue weighted by molar-refractivity contribution is 0.163. The molecule has 0 aromatic rings. The summed E-state index contributed by atoms with van der Waals surface area (Å²) in [6.45, 7) is 1.62. The van der Waals surface area contributed by atoms with E-state index < -0.39 is 0 Å². The van der Waals surface area contributed by atoms with E-state index in [0.717, 1.165) is 6.54 Å². The standard InChI is InChI=1S/C6H14NO2/c1-7(4-6-9)3-2-5-8/h9H,2-6H2,1H3. The fourth-order valence-corrected chi connectivity index (χ4v) is 0.617. The second-order valence-electron chi connectivity index (χ2n) is 2.08. The number of hydrogen-bond acceptors (Lipinski definition) is 2. The van der Waals surface area contributed by atoms with E-state index in [2.05, 4.69) is 0 Å². The number of rotatable bonds is 5. The zero-order valence-corrected chi connectivity index (χ0v) is 5.84. The SMILES string of the molecule is CN(CCO)CCC[O]. The van der Waals surface area contributed by atoms with Crippen molar-refractivity contribution in [2.24, 2.45) is 0 Å². The lowest BCUT2D eigenvalue weighted by Gasteiger charge is -2.12. The molecule has 3 nitrogen and oxygen atoms in total. The molecular formula is C6H14NO2. The molecule has 0 atom stereocenters. The van der Waals surface area contributed by atoms with Crippen molar-refractivity contribution in [3.05, 3.63) is 0 Å². The van der Waals surface area contributed by atoms with Crippen molar-refractivity contribution in [1.29, 1.82) is 0 Å². The van der Waals surface area contributed by atoms with Gasteiger partial charge in [-0.1, -0.05) is 0 Å². The normalized spacial score (nSPS) is 10.7. The van der Waals surface area contributed by atoms with Crippen molar-refractivity contribution in [1.82, 2.24) is 4.90 Å². The molecule has 0 saturated heterocycles. The van der Waals surface area contributed by atoms with Crippen LogP contribution >= 0.6 is 0 Å². The molecule has 0 aromatic heterocycles. The van der Waals surface area contributed by atoms with Crippen molar-refractivity contribution in [3.63, 3.8) is 0 Å². The summed E-state index contributed by atoms with van der Waals surface area (Å²) in [6.07, 6.45) is 0.677. The molecule has 0 fully saturated rings. The van der Waals surface area contributed by atoms with E-state index >= 15 is 0 Å². The maximum Gasteiger partial charge on any atom is 0.0834 e. The van der Waals surface area contributed by atoms with Crippen LogP contribution in [0.4, 0.5) is 0 Å². The Bertz CT molecular complexity index is 59.0. The number of aliphatic hydroxyl groups excluding tert-OH is 1. The van der Waals surface area contributed by atoms with Crippen molar-refractivity contribution in [3.8, 4) is 0 Å². The molecule has 0 rings (SSSR count). The van der Waals surface area contributed by atoms with Crippen molar-refractivity contribution < 1.29 is 10.2 Å². The Labute approximate surface area is 55.9 Å². The average molecular weight is 132 g/mol. The van der Waals surface area contributed by atoms with Gasteiger partial charge >= 0.3 is 0 Å². The number of hydrogen-bond donors (Lipinski definition) is 1. The van der Waals surface area contributed by atoms with Crippen LogP contribution in [-0.4, -0.2) is 43.4 Å². The molecule has 0 heterocycles. The average Bonchev–Trinajstić information content (AvgIpc) is 1.85. The Morgan fingerprint density at radius 2 is 2.11 bits per heavy atom. The van der Waals surface area contributed by atoms with Gasteiger partial charge in [0.25, 0.3) is 0 Å². The third-order valence-corrected chi connectivity index (χ3v) is 1.17. The van der Waals surface area contributed by atoms with Crippen LogP contribution in [0.25, 0.3) is 0 Å². The molecule has 0 amide bonds. The van der Waals surface area contributed by atoms with E-state index in [1.54, 1.807) is 0 Å². The maximum atomic E-state index is 9.95. The molecule has 3 heteroatoms. The summed E-state index contributed by atoms with van der Waals surface area (Å²) in [5.41, 5.74) is 0. The van der Waals surface area contributed by atoms with Crippen LogP contribution in [0, 0.1) is 0 Å². The van der Waals surface area contributed by atoms with Crippen molar-refractivity contribution in [2.45, 2.75) is 6.42 Å². The minimum atomic E-state index is -0.0181. The highest BCUT2D eigenvalue weighted by atomic mass is 16.3. The summed E-state index contributed by atoms with van der Waals surface area (Å²) < 4.78 is 0. The third-order valence-electron chi connectivity index (χ3n) is 1.17. The fourth-order valence-electron chi connectivity index (χ4n) is 0.617. The van der Waals surface area contributed by atoms with E-state index in [4.69, 9.17) is 5.11 Å². The molecule has 55 valence electrons. The summed E-state index contributed by atoms with van der Waals surface area (Å²) in [7, 11) is 1.89. The maximum absolute atomic E-state index is 9.95. The van der Waals surface area contributed by atoms with Gasteiger partial charge < -0.3 is 10.0 Å². The second kappa shape index (κ2) is 6.01. The van der Waals surface area contributed by atoms with Gasteiger partial charge in [0.1, 0.15) is 0 Å². The van der Waals surface area contributed by atoms with Crippen molar-refractivity contribution >= 4 is 0 Å². The summed E-state index contributed by atoms with van der Waals surface area (Å²) >= 11 is 0. The van der Waals surface area contributed by atoms with E-state index in [-0.39, 0.29) is 13.2 Å². The Kier molecular flexibility index (Phi) is 5.93. The van der Waals surface area contributed by atoms with Gasteiger partial charge in [0.05, 0.1) is 13.2 Å². The van der Waals surface area contributed by atoms with Crippen LogP contribution < -0.4 is 0 Å². The topological polar surface area (TPSA) is 43.4 Å². The van der Waals surface area contributed by atoms with Crippen LogP contribution in [0.15, 0.2) is 0 Å². The van der Waals surface area contributed by atoms with E-state index in [0.29, 0.717) is 13.0 Å². The van der Waals surface area contributed by atoms with Crippen molar-refractivity contribution in [2.75, 3.05) is 33.4 Å². The summed E-state index contributed by atoms with van der Waals surface area (Å²) in [4.78, 5) is 1.94. The highest BCUT2D eigenvalue weighted by Crippen LogP contribution is 1.84. The summed E-state index contributed by atoms with van der Waals surface area (Å²) in [6, 6.07) is 0. The molecule has 0 aliphatic carbocycles. The molecule has 0 saturated carbocycles. The summed E-state index contributed by atoms with van der Waals surface area (Å²) in [5, 5.41) is 18.4. The van der Waals surface area contributed by atoms with Crippen LogP contribution in [0.2, 0.25) is 0 Å². The molecule has 0 aliphatic rings. The minimum absolute atomic E-state index is 0.0181. The van der Waals surface area contributed by atoms with Crippen LogP contribution in [0.5, 0.6) is 0 Å². The number of nitrogens with zero attached hydrogens (tertiary/aromatic N) is 1. The van der Waals surface area contributed by atoms with E-state index in [1.807, 2.05) is 11.9 Å². The van der Waals surface area contributed by atoms with Gasteiger partial charge in [-0.05, 0) is 13.5 Å². The smallest absolute Gasteiger partial charge is 0.0834 e. The fraction of sp³-hybridized carbons (Fsp3) is 1.00. The lowest BCUT2D eigenvalue weighted by Crippen LogP contribution is -2.23. The van der Waals surface area contributed by atoms with Gasteiger partial charge in [0.2, 0.25) is 0 Å². The van der Waals surface area contributed by atoms with Gasteiger partial charge in [0.15, 0.2) is 0 Å². The van der Waals surface area contributed by atoms with E-state index in [9.17, 15) is 5.11 Å². The van der Waals surface area contributed by atoms with Crippen LogP contribution in [0.3, 0.4) is 0 Å². The lowest BCUT2D eigenvalue weighted by atomic mass is 10.4. The second-order valence-corrected chi connectivity index (χ2v) is 2.08. The van der Waals surface area contributed by atoms with Gasteiger partial charge in [-0.15, -0.1) is 0 Å². The zero-order chi connectivity index (χ0) is 7.11. The first kappa shape index (κ1) is 8.88. The molecule has 0 aromatic carbocycles. The highest BCUT2D eigenvalue weighted by molar-refractivity contribution is 4.47. The Morgan fingerprint density at radius 1 is 1.44 bits per heavy atom. The minimum Gasteiger partial charge on any atom is -0.395 e. The Hall–Kier alpha value is -0.120. The largest absolute Gasteiger partial charge is 0.395 e. The molecule has 0 bridgehead atoms. The molecule has 1 N–H and O–H groups in total. The summed E-state index contributed by atoms with van der Waals surface area (Å²) in [5.74, 6) is 0. The molecule has 1 radical (unpaired) electrons. The monoisotopic (exact) mass is 132 g/mol. The molecule has 9 heavy (non-hydrogen) atoms. The Morgan fingerprint density at radius 3 is 2.56 bits per heavy atom. The molecular weight excluding hydrogens is 118 g/mol. The molecule has 0 aliphatic heterocycles. The first-order valence-corrected chi connectivity index (χ1v) is 3.18. The Balaban J connectivity index is 2.95. The predicted molar refractivity (Wildman–Crippen MR) is 34.8 cm³/mol. The van der Waals surface area contributed by atoms with Crippen LogP contribution in [-0.2, 0) is 5.11 Å². The van der Waals surface area contributed by atoms with Gasteiger partial charge in [-0.25, -0.2) is 5.11 Å². The molecule has 0 unspecified atom stereocenters. The van der Waals surface area contributed by atoms with Gasteiger partial charge in [0, 0.05) is 13.1 Å². The van der Waals surface area contributed by atoms with Crippen LogP contribution in [0.1, 0.15) is 6.42 Å². The predicted octanol–water partition coefficient (Wildman–Crippen LogP) is -0.269. The first-order valence-electron chi connectivity index (χ1n) is 3.18. The first-order chi connectivity index (χ1) is 4.31. The van der Waals surface area contributed by atoms with Gasteiger partial charge in [-0.3, -0.25) is 0 Å². The van der Waals surface area contributed by atoms with Gasteiger partial charge in [-0.2, -0.15) is 0 Å². The highest BCUT2D eigenvalue weighted by Gasteiger charge is 1.94. The van der Waals surface area contributed by atoms with E-state index in [1.165, 1.54) is 0 Å². The number of likely N-dealkylation sites (N-methyl/N-ethyl adjacent to an activating group) is 1. The molecule has 0 spiro atoms. The number of aliphatic hydroxyl groups is 1. The quantitative estimate of drug-likeness (QED) is 0.559. The zero-order valence-electron chi connectivity index (χ0n) is 5.84. The third kappa shape index (κ3) is 5.76.